The third-order valence-corrected chi connectivity index (χ3v) is 6.55. The van der Waals surface area contributed by atoms with Crippen molar-refractivity contribution in [3.63, 3.8) is 0 Å². The molecule has 3 aliphatic carbocycles. The Balaban J connectivity index is 1.82. The highest BCUT2D eigenvalue weighted by atomic mass is 16.4. The first-order valence-electron chi connectivity index (χ1n) is 8.16. The topological polar surface area (TPSA) is 74.6 Å². The molecule has 2 N–H and O–H groups in total. The van der Waals surface area contributed by atoms with Crippen molar-refractivity contribution in [1.29, 1.82) is 0 Å². The molecule has 1 fully saturated rings. The molecular weight excluding hydrogens is 304 g/mol. The number of benzene rings is 2. The highest BCUT2D eigenvalue weighted by Gasteiger charge is 2.81. The van der Waals surface area contributed by atoms with Gasteiger partial charge in [-0.25, -0.2) is 0 Å². The molecule has 0 aliphatic heterocycles. The van der Waals surface area contributed by atoms with Crippen LogP contribution in [0.2, 0.25) is 0 Å². The predicted molar refractivity (Wildman–Crippen MR) is 85.9 cm³/mol. The average Bonchev–Trinajstić information content (AvgIpc) is 3.01. The second kappa shape index (κ2) is 4.07. The number of carboxylic acids is 2. The molecule has 0 aromatic heterocycles. The molecule has 2 aromatic carbocycles. The number of hydrogen-bond acceptors (Lipinski definition) is 2. The Labute approximate surface area is 138 Å². The van der Waals surface area contributed by atoms with Gasteiger partial charge in [0.1, 0.15) is 0 Å². The van der Waals surface area contributed by atoms with E-state index in [1.54, 1.807) is 0 Å². The van der Waals surface area contributed by atoms with Gasteiger partial charge in [-0.1, -0.05) is 48.5 Å². The molecule has 0 spiro atoms. The molecule has 0 heterocycles. The summed E-state index contributed by atoms with van der Waals surface area (Å²) in [5.41, 5.74) is 1.72. The number of hydrogen-bond donors (Lipinski definition) is 2. The van der Waals surface area contributed by atoms with Gasteiger partial charge in [0.2, 0.25) is 0 Å². The summed E-state index contributed by atoms with van der Waals surface area (Å²) in [6.45, 7) is 0. The lowest BCUT2D eigenvalue weighted by atomic mass is 9.39. The lowest BCUT2D eigenvalue weighted by molar-refractivity contribution is -0.189. The largest absolute Gasteiger partial charge is 0.481 e. The van der Waals surface area contributed by atoms with Crippen LogP contribution >= 0.6 is 0 Å². The Bertz CT molecular complexity index is 830. The van der Waals surface area contributed by atoms with Crippen LogP contribution in [0, 0.1) is 10.8 Å². The minimum absolute atomic E-state index is 0.414. The van der Waals surface area contributed by atoms with Crippen LogP contribution in [0.3, 0.4) is 0 Å². The predicted octanol–water partition coefficient (Wildman–Crippen LogP) is 2.82. The molecule has 2 aromatic rings. The summed E-state index contributed by atoms with van der Waals surface area (Å²) < 4.78 is 0. The first-order chi connectivity index (χ1) is 11.5. The summed E-state index contributed by atoms with van der Waals surface area (Å²) in [6, 6.07) is 15.3. The van der Waals surface area contributed by atoms with Crippen molar-refractivity contribution in [2.24, 2.45) is 10.8 Å². The summed E-state index contributed by atoms with van der Waals surface area (Å²) >= 11 is 0. The second-order valence-corrected chi connectivity index (χ2v) is 7.31. The van der Waals surface area contributed by atoms with Crippen molar-refractivity contribution in [2.45, 2.75) is 24.7 Å². The highest BCUT2D eigenvalue weighted by molar-refractivity contribution is 5.93. The summed E-state index contributed by atoms with van der Waals surface area (Å²) in [7, 11) is 0. The first kappa shape index (κ1) is 13.8. The SMILES string of the molecule is O=C(O)C12Cc3ccccc3C1C1(C(=O)O)Cc3ccccc3C21. The Morgan fingerprint density at radius 2 is 1.12 bits per heavy atom. The molecule has 5 rings (SSSR count). The summed E-state index contributed by atoms with van der Waals surface area (Å²) in [6.07, 6.45) is 0.828. The van der Waals surface area contributed by atoms with Gasteiger partial charge in [-0.15, -0.1) is 0 Å². The average molecular weight is 320 g/mol. The van der Waals surface area contributed by atoms with Crippen LogP contribution in [0.15, 0.2) is 48.5 Å². The Morgan fingerprint density at radius 3 is 1.50 bits per heavy atom. The molecule has 3 aliphatic rings. The van der Waals surface area contributed by atoms with E-state index in [-0.39, 0.29) is 0 Å². The fourth-order valence-electron chi connectivity index (χ4n) is 5.90. The van der Waals surface area contributed by atoms with Crippen LogP contribution in [0.4, 0.5) is 0 Å². The van der Waals surface area contributed by atoms with Crippen molar-refractivity contribution >= 4 is 11.9 Å². The van der Waals surface area contributed by atoms with E-state index in [1.165, 1.54) is 0 Å². The number of fused-ring (bicyclic) bond motifs is 8. The van der Waals surface area contributed by atoms with Crippen LogP contribution < -0.4 is 0 Å². The zero-order valence-electron chi connectivity index (χ0n) is 12.9. The van der Waals surface area contributed by atoms with Crippen LogP contribution in [-0.2, 0) is 22.4 Å². The molecule has 0 amide bonds. The zero-order chi connectivity index (χ0) is 16.7. The molecule has 0 bridgehead atoms. The summed E-state index contributed by atoms with van der Waals surface area (Å²) in [5.74, 6) is -2.67. The van der Waals surface area contributed by atoms with E-state index in [0.717, 1.165) is 22.3 Å². The molecule has 120 valence electrons. The van der Waals surface area contributed by atoms with Gasteiger partial charge < -0.3 is 10.2 Å². The fraction of sp³-hybridized carbons (Fsp3) is 0.300. The van der Waals surface area contributed by atoms with E-state index in [2.05, 4.69) is 0 Å². The maximum atomic E-state index is 12.4. The summed E-state index contributed by atoms with van der Waals surface area (Å²) in [5, 5.41) is 20.3. The van der Waals surface area contributed by atoms with E-state index in [9.17, 15) is 19.8 Å². The molecule has 1 saturated carbocycles. The monoisotopic (exact) mass is 320 g/mol. The zero-order valence-corrected chi connectivity index (χ0v) is 12.9. The Morgan fingerprint density at radius 1 is 0.750 bits per heavy atom. The van der Waals surface area contributed by atoms with Gasteiger partial charge in [-0.2, -0.15) is 0 Å². The number of aliphatic carboxylic acids is 2. The summed E-state index contributed by atoms with van der Waals surface area (Å²) in [4.78, 5) is 24.8. The molecule has 24 heavy (non-hydrogen) atoms. The van der Waals surface area contributed by atoms with E-state index >= 15 is 0 Å². The minimum atomic E-state index is -1.03. The highest BCUT2D eigenvalue weighted by Crippen LogP contribution is 2.80. The Kier molecular flexibility index (Phi) is 2.34. The molecule has 4 nitrogen and oxygen atoms in total. The maximum Gasteiger partial charge on any atom is 0.311 e. The molecule has 0 saturated heterocycles. The lowest BCUT2D eigenvalue weighted by Crippen LogP contribution is -2.65. The first-order valence-corrected chi connectivity index (χ1v) is 8.16. The van der Waals surface area contributed by atoms with Gasteiger partial charge in [-0.3, -0.25) is 9.59 Å². The normalized spacial score (nSPS) is 34.5. The Hall–Kier alpha value is -2.62. The molecule has 0 unspecified atom stereocenters. The lowest BCUT2D eigenvalue weighted by Gasteiger charge is -2.59. The van der Waals surface area contributed by atoms with Gasteiger partial charge in [0.05, 0.1) is 10.8 Å². The van der Waals surface area contributed by atoms with E-state index in [0.29, 0.717) is 12.8 Å². The van der Waals surface area contributed by atoms with Gasteiger partial charge in [-0.05, 0) is 35.1 Å². The smallest absolute Gasteiger partial charge is 0.311 e. The third-order valence-electron chi connectivity index (χ3n) is 6.55. The minimum Gasteiger partial charge on any atom is -0.481 e. The van der Waals surface area contributed by atoms with Gasteiger partial charge in [0.15, 0.2) is 0 Å². The maximum absolute atomic E-state index is 12.4. The number of carbonyl (C=O) groups is 2. The standard InChI is InChI=1S/C20H16O4/c21-17(22)19-9-11-5-1-3-7-13(11)15(19)20(18(23)24)10-12-6-2-4-8-14(12)16(19)20/h1-8,15-16H,9-10H2,(H,21,22)(H,23,24). The van der Waals surface area contributed by atoms with Crippen LogP contribution in [0.5, 0.6) is 0 Å². The van der Waals surface area contributed by atoms with Crippen molar-refractivity contribution < 1.29 is 19.8 Å². The van der Waals surface area contributed by atoms with E-state index in [1.807, 2.05) is 48.5 Å². The van der Waals surface area contributed by atoms with Crippen molar-refractivity contribution in [3.05, 3.63) is 70.8 Å². The van der Waals surface area contributed by atoms with Crippen LogP contribution in [-0.4, -0.2) is 22.2 Å². The molecule has 4 heteroatoms. The van der Waals surface area contributed by atoms with Gasteiger partial charge >= 0.3 is 11.9 Å². The fourth-order valence-corrected chi connectivity index (χ4v) is 5.90. The quantitative estimate of drug-likeness (QED) is 0.892. The van der Waals surface area contributed by atoms with Crippen molar-refractivity contribution in [2.75, 3.05) is 0 Å². The molecule has 0 radical (unpaired) electrons. The molecular formula is C20H16O4. The van der Waals surface area contributed by atoms with Crippen LogP contribution in [0.1, 0.15) is 34.1 Å². The van der Waals surface area contributed by atoms with Crippen molar-refractivity contribution in [3.8, 4) is 0 Å². The third kappa shape index (κ3) is 1.22. The second-order valence-electron chi connectivity index (χ2n) is 7.31. The van der Waals surface area contributed by atoms with Gasteiger partial charge in [0, 0.05) is 11.8 Å². The van der Waals surface area contributed by atoms with Gasteiger partial charge in [0.25, 0.3) is 0 Å². The number of rotatable bonds is 2. The van der Waals surface area contributed by atoms with E-state index < -0.39 is 34.6 Å². The molecule has 0 atom stereocenters. The van der Waals surface area contributed by atoms with Crippen LogP contribution in [0.25, 0.3) is 0 Å². The number of carboxylic acid groups (broad SMARTS) is 2. The van der Waals surface area contributed by atoms with E-state index in [4.69, 9.17) is 0 Å². The van der Waals surface area contributed by atoms with Crippen molar-refractivity contribution in [1.82, 2.24) is 0 Å².